The van der Waals surface area contributed by atoms with Gasteiger partial charge in [0.2, 0.25) is 0 Å². The maximum absolute atomic E-state index is 6.37. The zero-order valence-corrected chi connectivity index (χ0v) is 23.5. The maximum atomic E-state index is 6.37. The predicted molar refractivity (Wildman–Crippen MR) is 148 cm³/mol. The predicted octanol–water partition coefficient (Wildman–Crippen LogP) is 11.0. The molecule has 0 amide bonds. The zero-order valence-electron chi connectivity index (χ0n) is 22.7. The lowest BCUT2D eigenvalue weighted by Gasteiger charge is -2.22. The standard InChI is InChI=1S/C30H56O2S/c1-5-9-11-13-15-17-19-21-23-31-29(7-3)27-25-33-26-28(27)30(8-4)32-24-22-20-18-16-14-12-10-6-2/h25-26,29-30H,5-24H2,1-4H3. The summed E-state index contributed by atoms with van der Waals surface area (Å²) >= 11 is 1.81. The third-order valence-corrected chi connectivity index (χ3v) is 7.57. The lowest BCUT2D eigenvalue weighted by Crippen LogP contribution is -2.11. The third kappa shape index (κ3) is 14.6. The van der Waals surface area contributed by atoms with E-state index in [0.29, 0.717) is 0 Å². The lowest BCUT2D eigenvalue weighted by atomic mass is 10.0. The van der Waals surface area contributed by atoms with Crippen molar-refractivity contribution in [2.75, 3.05) is 13.2 Å². The molecule has 2 unspecified atom stereocenters. The van der Waals surface area contributed by atoms with Gasteiger partial charge in [0.05, 0.1) is 12.2 Å². The van der Waals surface area contributed by atoms with Crippen LogP contribution >= 0.6 is 11.3 Å². The van der Waals surface area contributed by atoms with Gasteiger partial charge in [-0.15, -0.1) is 0 Å². The maximum Gasteiger partial charge on any atom is 0.0833 e. The van der Waals surface area contributed by atoms with E-state index in [4.69, 9.17) is 9.47 Å². The fourth-order valence-electron chi connectivity index (χ4n) is 4.62. The first-order chi connectivity index (χ1) is 16.3. The number of hydrogen-bond acceptors (Lipinski definition) is 3. The van der Waals surface area contributed by atoms with Crippen LogP contribution in [0.25, 0.3) is 0 Å². The molecule has 0 aliphatic carbocycles. The van der Waals surface area contributed by atoms with E-state index in [2.05, 4.69) is 38.5 Å². The summed E-state index contributed by atoms with van der Waals surface area (Å²) in [6.45, 7) is 10.8. The first-order valence-electron chi connectivity index (χ1n) is 14.6. The van der Waals surface area contributed by atoms with Crippen LogP contribution in [0.5, 0.6) is 0 Å². The van der Waals surface area contributed by atoms with Crippen LogP contribution in [0.4, 0.5) is 0 Å². The minimum absolute atomic E-state index is 0.219. The second-order valence-corrected chi connectivity index (χ2v) is 10.5. The lowest BCUT2D eigenvalue weighted by molar-refractivity contribution is 0.0317. The number of rotatable bonds is 24. The highest BCUT2D eigenvalue weighted by molar-refractivity contribution is 7.08. The summed E-state index contributed by atoms with van der Waals surface area (Å²) in [7, 11) is 0. The third-order valence-electron chi connectivity index (χ3n) is 6.79. The Morgan fingerprint density at radius 1 is 0.515 bits per heavy atom. The molecule has 1 heterocycles. The van der Waals surface area contributed by atoms with E-state index in [1.165, 1.54) is 114 Å². The first kappa shape index (κ1) is 30.7. The molecule has 3 heteroatoms. The molecule has 0 spiro atoms. The van der Waals surface area contributed by atoms with Crippen molar-refractivity contribution in [3.05, 3.63) is 21.9 Å². The Morgan fingerprint density at radius 2 is 0.848 bits per heavy atom. The van der Waals surface area contributed by atoms with Crippen LogP contribution in [0.15, 0.2) is 10.8 Å². The van der Waals surface area contributed by atoms with Gasteiger partial charge in [-0.05, 0) is 47.6 Å². The highest BCUT2D eigenvalue weighted by Crippen LogP contribution is 2.35. The Morgan fingerprint density at radius 3 is 1.18 bits per heavy atom. The average Bonchev–Trinajstić information content (AvgIpc) is 3.31. The van der Waals surface area contributed by atoms with E-state index in [1.54, 1.807) is 0 Å². The Hall–Kier alpha value is -0.380. The Labute approximate surface area is 211 Å². The number of ether oxygens (including phenoxy) is 2. The van der Waals surface area contributed by atoms with Crippen LogP contribution < -0.4 is 0 Å². The number of unbranched alkanes of at least 4 members (excludes halogenated alkanes) is 14. The van der Waals surface area contributed by atoms with Crippen LogP contribution in [-0.2, 0) is 9.47 Å². The minimum Gasteiger partial charge on any atom is -0.373 e. The second-order valence-electron chi connectivity index (χ2n) is 9.77. The molecule has 2 nitrogen and oxygen atoms in total. The fourth-order valence-corrected chi connectivity index (χ4v) is 5.56. The summed E-state index contributed by atoms with van der Waals surface area (Å²) in [5.41, 5.74) is 2.76. The van der Waals surface area contributed by atoms with Crippen molar-refractivity contribution in [2.45, 2.75) is 155 Å². The summed E-state index contributed by atoms with van der Waals surface area (Å²) in [6, 6.07) is 0. The highest BCUT2D eigenvalue weighted by atomic mass is 32.1. The Balaban J connectivity index is 2.30. The molecule has 0 fully saturated rings. The van der Waals surface area contributed by atoms with E-state index >= 15 is 0 Å². The van der Waals surface area contributed by atoms with Gasteiger partial charge in [0.15, 0.2) is 0 Å². The van der Waals surface area contributed by atoms with Crippen LogP contribution in [0.2, 0.25) is 0 Å². The molecule has 1 aromatic heterocycles. The normalized spacial score (nSPS) is 13.5. The van der Waals surface area contributed by atoms with Gasteiger partial charge < -0.3 is 9.47 Å². The molecular formula is C30H56O2S. The molecule has 0 saturated heterocycles. The quantitative estimate of drug-likeness (QED) is 0.137. The van der Waals surface area contributed by atoms with Crippen molar-refractivity contribution in [3.63, 3.8) is 0 Å². The van der Waals surface area contributed by atoms with Gasteiger partial charge in [0, 0.05) is 13.2 Å². The molecule has 0 saturated carbocycles. The van der Waals surface area contributed by atoms with Gasteiger partial charge in [0.25, 0.3) is 0 Å². The molecule has 0 aliphatic heterocycles. The van der Waals surface area contributed by atoms with Crippen molar-refractivity contribution in [1.82, 2.24) is 0 Å². The van der Waals surface area contributed by atoms with E-state index in [1.807, 2.05) is 11.3 Å². The molecule has 0 N–H and O–H groups in total. The van der Waals surface area contributed by atoms with Crippen molar-refractivity contribution in [1.29, 1.82) is 0 Å². The number of hydrogen-bond donors (Lipinski definition) is 0. The first-order valence-corrected chi connectivity index (χ1v) is 15.5. The Kier molecular flexibility index (Phi) is 20.5. The second kappa shape index (κ2) is 22.1. The van der Waals surface area contributed by atoms with Crippen LogP contribution in [0.1, 0.15) is 167 Å². The Bertz CT molecular complexity index is 483. The van der Waals surface area contributed by atoms with Gasteiger partial charge in [-0.25, -0.2) is 0 Å². The smallest absolute Gasteiger partial charge is 0.0833 e. The molecule has 0 aliphatic rings. The molecule has 2 atom stereocenters. The minimum atomic E-state index is 0.219. The molecule has 0 bridgehead atoms. The van der Waals surface area contributed by atoms with E-state index in [-0.39, 0.29) is 12.2 Å². The van der Waals surface area contributed by atoms with Gasteiger partial charge in [-0.2, -0.15) is 11.3 Å². The molecule has 194 valence electrons. The topological polar surface area (TPSA) is 18.5 Å². The van der Waals surface area contributed by atoms with Gasteiger partial charge in [-0.3, -0.25) is 0 Å². The van der Waals surface area contributed by atoms with Gasteiger partial charge >= 0.3 is 0 Å². The largest absolute Gasteiger partial charge is 0.373 e. The summed E-state index contributed by atoms with van der Waals surface area (Å²) in [6.07, 6.45) is 24.1. The van der Waals surface area contributed by atoms with Gasteiger partial charge in [0.1, 0.15) is 0 Å². The van der Waals surface area contributed by atoms with E-state index in [9.17, 15) is 0 Å². The fraction of sp³-hybridized carbons (Fsp3) is 0.867. The van der Waals surface area contributed by atoms with Crippen LogP contribution in [0.3, 0.4) is 0 Å². The number of thiophene rings is 1. The SMILES string of the molecule is CCCCCCCCCCOC(CC)c1cscc1C(CC)OCCCCCCCCCC. The van der Waals surface area contributed by atoms with Gasteiger partial charge in [-0.1, -0.05) is 118 Å². The highest BCUT2D eigenvalue weighted by Gasteiger charge is 2.21. The van der Waals surface area contributed by atoms with Crippen LogP contribution in [-0.4, -0.2) is 13.2 Å². The van der Waals surface area contributed by atoms with Crippen LogP contribution in [0, 0.1) is 0 Å². The van der Waals surface area contributed by atoms with E-state index < -0.39 is 0 Å². The monoisotopic (exact) mass is 480 g/mol. The molecule has 1 aromatic rings. The van der Waals surface area contributed by atoms with Crippen molar-refractivity contribution in [2.24, 2.45) is 0 Å². The summed E-state index contributed by atoms with van der Waals surface area (Å²) in [4.78, 5) is 0. The average molecular weight is 481 g/mol. The molecular weight excluding hydrogens is 424 g/mol. The van der Waals surface area contributed by atoms with Crippen molar-refractivity contribution >= 4 is 11.3 Å². The zero-order chi connectivity index (χ0) is 24.0. The molecule has 0 aromatic carbocycles. The summed E-state index contributed by atoms with van der Waals surface area (Å²) < 4.78 is 12.7. The van der Waals surface area contributed by atoms with E-state index in [0.717, 1.165) is 26.1 Å². The summed E-state index contributed by atoms with van der Waals surface area (Å²) in [5.74, 6) is 0. The molecule has 33 heavy (non-hydrogen) atoms. The molecule has 0 radical (unpaired) electrons. The summed E-state index contributed by atoms with van der Waals surface area (Å²) in [5, 5.41) is 4.61. The van der Waals surface area contributed by atoms with Crippen molar-refractivity contribution in [3.8, 4) is 0 Å². The molecule has 1 rings (SSSR count). The van der Waals surface area contributed by atoms with Crippen molar-refractivity contribution < 1.29 is 9.47 Å².